The Labute approximate surface area is 162 Å². The minimum absolute atomic E-state index is 0.319. The molecule has 1 saturated heterocycles. The first-order chi connectivity index (χ1) is 13.7. The molecule has 1 aliphatic rings. The molecule has 1 fully saturated rings. The molecule has 0 atom stereocenters. The van der Waals surface area contributed by atoms with Crippen LogP contribution in [-0.2, 0) is 0 Å². The Morgan fingerprint density at radius 2 is 1.50 bits per heavy atom. The molecule has 6 nitrogen and oxygen atoms in total. The van der Waals surface area contributed by atoms with Gasteiger partial charge in [-0.1, -0.05) is 0 Å². The lowest BCUT2D eigenvalue weighted by molar-refractivity contribution is 0.102. The molecule has 2 aromatic carbocycles. The summed E-state index contributed by atoms with van der Waals surface area (Å²) in [5.41, 5.74) is 2.93. The van der Waals surface area contributed by atoms with Crippen molar-refractivity contribution in [1.29, 1.82) is 0 Å². The van der Waals surface area contributed by atoms with Gasteiger partial charge in [-0.2, -0.15) is 0 Å². The van der Waals surface area contributed by atoms with Gasteiger partial charge in [-0.05, 0) is 61.4 Å². The second kappa shape index (κ2) is 8.04. The van der Waals surface area contributed by atoms with Crippen LogP contribution in [0, 0.1) is 5.82 Å². The van der Waals surface area contributed by atoms with Crippen LogP contribution < -0.4 is 15.5 Å². The van der Waals surface area contributed by atoms with Crippen molar-refractivity contribution in [2.24, 2.45) is 0 Å². The molecular formula is C21H20FN5O. The van der Waals surface area contributed by atoms with Crippen molar-refractivity contribution < 1.29 is 9.18 Å². The van der Waals surface area contributed by atoms with Gasteiger partial charge in [-0.15, -0.1) is 0 Å². The van der Waals surface area contributed by atoms with E-state index in [1.54, 1.807) is 0 Å². The van der Waals surface area contributed by atoms with Crippen LogP contribution in [0.3, 0.4) is 0 Å². The highest BCUT2D eigenvalue weighted by molar-refractivity contribution is 6.03. The van der Waals surface area contributed by atoms with Gasteiger partial charge in [0.2, 0.25) is 5.95 Å². The Hall–Kier alpha value is -3.48. The summed E-state index contributed by atoms with van der Waals surface area (Å²) in [7, 11) is 0. The zero-order valence-electron chi connectivity index (χ0n) is 15.2. The summed E-state index contributed by atoms with van der Waals surface area (Å²) >= 11 is 0. The van der Waals surface area contributed by atoms with Crippen molar-refractivity contribution in [3.05, 3.63) is 72.3 Å². The second-order valence-electron chi connectivity index (χ2n) is 6.62. The quantitative estimate of drug-likeness (QED) is 0.697. The standard InChI is InChI=1S/C21H20FN5O/c22-16-3-5-17(6-4-16)25-20(28)15-13-23-21(24-14-15)26-18-7-9-19(10-8-18)27-11-1-2-12-27/h3-10,13-14H,1-2,11-12H2,(H,25,28)(H,23,24,26). The molecular weight excluding hydrogens is 357 g/mol. The first-order valence-electron chi connectivity index (χ1n) is 9.18. The molecule has 0 radical (unpaired) electrons. The Kier molecular flexibility index (Phi) is 5.14. The van der Waals surface area contributed by atoms with Crippen LogP contribution in [0.15, 0.2) is 60.9 Å². The molecule has 0 unspecified atom stereocenters. The number of halogens is 1. The average molecular weight is 377 g/mol. The third-order valence-electron chi connectivity index (χ3n) is 4.61. The first-order valence-corrected chi connectivity index (χ1v) is 9.18. The molecule has 1 aliphatic heterocycles. The number of nitrogens with zero attached hydrogens (tertiary/aromatic N) is 3. The fourth-order valence-electron chi connectivity index (χ4n) is 3.11. The predicted octanol–water partition coefficient (Wildman–Crippen LogP) is 4.21. The van der Waals surface area contributed by atoms with Crippen LogP contribution >= 0.6 is 0 Å². The minimum atomic E-state index is -0.356. The fraction of sp³-hybridized carbons (Fsp3) is 0.190. The number of carbonyl (C=O) groups excluding carboxylic acids is 1. The molecule has 142 valence electrons. The molecule has 1 amide bonds. The van der Waals surface area contributed by atoms with Crippen LogP contribution in [0.2, 0.25) is 0 Å². The van der Waals surface area contributed by atoms with E-state index in [-0.39, 0.29) is 11.7 Å². The third kappa shape index (κ3) is 4.25. The zero-order valence-corrected chi connectivity index (χ0v) is 15.2. The summed E-state index contributed by atoms with van der Waals surface area (Å²) < 4.78 is 12.9. The Balaban J connectivity index is 1.37. The lowest BCUT2D eigenvalue weighted by Crippen LogP contribution is -2.17. The smallest absolute Gasteiger partial charge is 0.258 e. The molecule has 7 heteroatoms. The minimum Gasteiger partial charge on any atom is -0.372 e. The Bertz CT molecular complexity index is 936. The lowest BCUT2D eigenvalue weighted by Gasteiger charge is -2.17. The van der Waals surface area contributed by atoms with Gasteiger partial charge >= 0.3 is 0 Å². The van der Waals surface area contributed by atoms with Crippen molar-refractivity contribution >= 4 is 28.9 Å². The first kappa shape index (κ1) is 17.9. The molecule has 2 N–H and O–H groups in total. The maximum Gasteiger partial charge on any atom is 0.258 e. The van der Waals surface area contributed by atoms with E-state index in [2.05, 4.69) is 37.6 Å². The highest BCUT2D eigenvalue weighted by atomic mass is 19.1. The predicted molar refractivity (Wildman–Crippen MR) is 108 cm³/mol. The van der Waals surface area contributed by atoms with Gasteiger partial charge in [0.05, 0.1) is 5.56 Å². The van der Waals surface area contributed by atoms with E-state index in [0.29, 0.717) is 17.2 Å². The molecule has 2 heterocycles. The van der Waals surface area contributed by atoms with Crippen LogP contribution in [0.25, 0.3) is 0 Å². The van der Waals surface area contributed by atoms with Crippen molar-refractivity contribution in [3.63, 3.8) is 0 Å². The van der Waals surface area contributed by atoms with Gasteiger partial charge < -0.3 is 15.5 Å². The SMILES string of the molecule is O=C(Nc1ccc(F)cc1)c1cnc(Nc2ccc(N3CCCC3)cc2)nc1. The number of nitrogens with one attached hydrogen (secondary N) is 2. The molecule has 0 aliphatic carbocycles. The van der Waals surface area contributed by atoms with Gasteiger partial charge in [0, 0.05) is 42.5 Å². The van der Waals surface area contributed by atoms with Gasteiger partial charge in [-0.25, -0.2) is 14.4 Å². The van der Waals surface area contributed by atoms with Crippen LogP contribution in [-0.4, -0.2) is 29.0 Å². The molecule has 28 heavy (non-hydrogen) atoms. The highest BCUT2D eigenvalue weighted by Gasteiger charge is 2.12. The van der Waals surface area contributed by atoms with E-state index < -0.39 is 0 Å². The lowest BCUT2D eigenvalue weighted by atomic mass is 10.2. The topological polar surface area (TPSA) is 70.2 Å². The molecule has 4 rings (SSSR count). The fourth-order valence-corrected chi connectivity index (χ4v) is 3.11. The van der Waals surface area contributed by atoms with Gasteiger partial charge in [-0.3, -0.25) is 4.79 Å². The number of anilines is 4. The Morgan fingerprint density at radius 1 is 0.893 bits per heavy atom. The van der Waals surface area contributed by atoms with E-state index in [0.717, 1.165) is 18.8 Å². The monoisotopic (exact) mass is 377 g/mol. The number of hydrogen-bond donors (Lipinski definition) is 2. The van der Waals surface area contributed by atoms with E-state index in [4.69, 9.17) is 0 Å². The normalized spacial score (nSPS) is 13.4. The summed E-state index contributed by atoms with van der Waals surface area (Å²) in [4.78, 5) is 23.0. The Morgan fingerprint density at radius 3 is 2.14 bits per heavy atom. The average Bonchev–Trinajstić information content (AvgIpc) is 3.26. The van der Waals surface area contributed by atoms with Crippen LogP contribution in [0.4, 0.5) is 27.4 Å². The number of rotatable bonds is 5. The summed E-state index contributed by atoms with van der Waals surface area (Å²) in [5, 5.41) is 5.81. The number of carbonyl (C=O) groups is 1. The van der Waals surface area contributed by atoms with E-state index in [1.165, 1.54) is 55.2 Å². The number of hydrogen-bond acceptors (Lipinski definition) is 5. The number of amides is 1. The van der Waals surface area contributed by atoms with Crippen LogP contribution in [0.1, 0.15) is 23.2 Å². The van der Waals surface area contributed by atoms with Gasteiger partial charge in [0.1, 0.15) is 5.82 Å². The van der Waals surface area contributed by atoms with E-state index in [9.17, 15) is 9.18 Å². The summed E-state index contributed by atoms with van der Waals surface area (Å²) in [5.74, 6) is -0.300. The summed E-state index contributed by atoms with van der Waals surface area (Å²) in [6.07, 6.45) is 5.39. The highest BCUT2D eigenvalue weighted by Crippen LogP contribution is 2.23. The molecule has 0 saturated carbocycles. The van der Waals surface area contributed by atoms with Crippen molar-refractivity contribution in [1.82, 2.24) is 9.97 Å². The van der Waals surface area contributed by atoms with E-state index in [1.807, 2.05) is 12.1 Å². The maximum absolute atomic E-state index is 12.9. The largest absolute Gasteiger partial charge is 0.372 e. The van der Waals surface area contributed by atoms with E-state index >= 15 is 0 Å². The zero-order chi connectivity index (χ0) is 19.3. The van der Waals surface area contributed by atoms with Crippen molar-refractivity contribution in [2.75, 3.05) is 28.6 Å². The van der Waals surface area contributed by atoms with Crippen molar-refractivity contribution in [2.45, 2.75) is 12.8 Å². The summed E-state index contributed by atoms with van der Waals surface area (Å²) in [6, 6.07) is 13.7. The van der Waals surface area contributed by atoms with Gasteiger partial charge in [0.15, 0.2) is 0 Å². The van der Waals surface area contributed by atoms with Crippen molar-refractivity contribution in [3.8, 4) is 0 Å². The third-order valence-corrected chi connectivity index (χ3v) is 4.61. The van der Waals surface area contributed by atoms with Crippen LogP contribution in [0.5, 0.6) is 0 Å². The molecule has 0 bridgehead atoms. The second-order valence-corrected chi connectivity index (χ2v) is 6.62. The molecule has 1 aromatic heterocycles. The molecule has 3 aromatic rings. The maximum atomic E-state index is 12.9. The van der Waals surface area contributed by atoms with Gasteiger partial charge in [0.25, 0.3) is 5.91 Å². The number of aromatic nitrogens is 2. The summed E-state index contributed by atoms with van der Waals surface area (Å²) in [6.45, 7) is 2.22. The number of benzene rings is 2. The molecule has 0 spiro atoms.